The number of aromatic nitrogens is 8. The highest BCUT2D eigenvalue weighted by atomic mass is 16.6. The van der Waals surface area contributed by atoms with Crippen LogP contribution in [-0.4, -0.2) is 79.0 Å². The van der Waals surface area contributed by atoms with E-state index in [9.17, 15) is 14.9 Å². The molecular weight excluding hydrogens is 606 g/mol. The molecule has 8 bridgehead atoms. The molecule has 0 aromatic carbocycles. The maximum atomic E-state index is 12.0. The fourth-order valence-corrected chi connectivity index (χ4v) is 5.28. The molecule has 0 saturated carbocycles. The lowest BCUT2D eigenvalue weighted by atomic mass is 10.2. The Bertz CT molecular complexity index is 1730. The predicted octanol–water partition coefficient (Wildman–Crippen LogP) is 0.527. The van der Waals surface area contributed by atoms with E-state index in [1.165, 1.54) is 17.0 Å². The molecule has 2 N–H and O–H groups in total. The third-order valence-corrected chi connectivity index (χ3v) is 7.35. The van der Waals surface area contributed by atoms with Gasteiger partial charge in [-0.25, -0.2) is 32.8 Å². The highest BCUT2D eigenvalue weighted by Gasteiger charge is 2.17. The van der Waals surface area contributed by atoms with E-state index in [-0.39, 0.29) is 24.9 Å². The number of nitrogens with one attached hydrogen (secondary N) is 2. The lowest BCUT2D eigenvalue weighted by Gasteiger charge is -2.11. The fourth-order valence-electron chi connectivity index (χ4n) is 5.28. The number of amides is 1. The third-order valence-electron chi connectivity index (χ3n) is 7.35. The van der Waals surface area contributed by atoms with E-state index >= 15 is 0 Å². The zero-order chi connectivity index (χ0) is 32.4. The Hall–Kier alpha value is -5.48. The predicted molar refractivity (Wildman–Crippen MR) is 166 cm³/mol. The van der Waals surface area contributed by atoms with E-state index in [4.69, 9.17) is 19.4 Å². The van der Waals surface area contributed by atoms with E-state index in [1.54, 1.807) is 0 Å². The SMILES string of the molecule is O=C(Cn1ccnc1[N+](=O)[O-])NCCOCCOCCNc1cc2nc(c1)C[n+]1ccn(c1)Cc1cccc(n1)Cn1cc[n+](c1)C2. The van der Waals surface area contributed by atoms with Crippen LogP contribution in [0.25, 0.3) is 0 Å². The summed E-state index contributed by atoms with van der Waals surface area (Å²) in [6.45, 7) is 4.92. The van der Waals surface area contributed by atoms with Gasteiger partial charge in [0.05, 0.1) is 49.2 Å². The number of hydrogen-bond acceptors (Lipinski definition) is 9. The maximum absolute atomic E-state index is 12.0. The molecule has 0 saturated heterocycles. The van der Waals surface area contributed by atoms with Gasteiger partial charge >= 0.3 is 5.95 Å². The first-order chi connectivity index (χ1) is 23.0. The molecule has 1 aliphatic heterocycles. The molecule has 0 radical (unpaired) electrons. The fraction of sp³-hybridized carbons (Fsp3) is 0.355. The van der Waals surface area contributed by atoms with Crippen LogP contribution in [0, 0.1) is 10.1 Å². The van der Waals surface area contributed by atoms with Gasteiger partial charge in [-0.1, -0.05) is 11.1 Å². The first-order valence-corrected chi connectivity index (χ1v) is 15.3. The molecule has 0 unspecified atom stereocenters. The highest BCUT2D eigenvalue weighted by molar-refractivity contribution is 5.75. The highest BCUT2D eigenvalue weighted by Crippen LogP contribution is 2.13. The summed E-state index contributed by atoms with van der Waals surface area (Å²) in [5.41, 5.74) is 4.90. The number of pyridine rings is 2. The van der Waals surface area contributed by atoms with Crippen LogP contribution >= 0.6 is 0 Å². The third kappa shape index (κ3) is 9.05. The average Bonchev–Trinajstić information content (AvgIpc) is 3.80. The van der Waals surface area contributed by atoms with Crippen molar-refractivity contribution in [2.75, 3.05) is 44.8 Å². The lowest BCUT2D eigenvalue weighted by molar-refractivity contribution is -0.689. The number of nitro groups is 1. The standard InChI is InChI=1S/C31H36N11O5/c43-30(22-41-7-4-34-31(41)42(44)45)33-6-13-47-15-14-46-12-5-32-27-16-28-20-39-10-8-37(23-39)18-25-2-1-3-26(35-25)19-38-9-11-40(24-38)21-29(17-27)36-28/h1-4,7-11,16-17,23-24H,5-6,12-15,18-22H2,(H-,32,33,36,43)/q+1/p+1. The average molecular weight is 644 g/mol. The van der Waals surface area contributed by atoms with E-state index in [0.29, 0.717) is 59.2 Å². The van der Waals surface area contributed by atoms with Crippen molar-refractivity contribution in [1.82, 2.24) is 34.0 Å². The monoisotopic (exact) mass is 643 g/mol. The first-order valence-electron chi connectivity index (χ1n) is 15.3. The Kier molecular flexibility index (Phi) is 10.2. The molecular formula is C31H37N11O5+2. The van der Waals surface area contributed by atoms with Crippen LogP contribution in [0.4, 0.5) is 11.6 Å². The summed E-state index contributed by atoms with van der Waals surface area (Å²) in [6.07, 6.45) is 15.0. The lowest BCUT2D eigenvalue weighted by Crippen LogP contribution is -2.34. The van der Waals surface area contributed by atoms with Crippen LogP contribution in [0.1, 0.15) is 22.8 Å². The number of carbonyl (C=O) groups excluding carboxylic acids is 1. The molecule has 0 atom stereocenters. The van der Waals surface area contributed by atoms with E-state index < -0.39 is 4.92 Å². The van der Waals surface area contributed by atoms with Crippen molar-refractivity contribution in [3.63, 3.8) is 0 Å². The Morgan fingerprint density at radius 2 is 1.49 bits per heavy atom. The summed E-state index contributed by atoms with van der Waals surface area (Å²) in [5, 5.41) is 17.0. The van der Waals surface area contributed by atoms with Gasteiger partial charge in [0.25, 0.3) is 5.91 Å². The normalized spacial score (nSPS) is 12.5. The number of ether oxygens (including phenoxy) is 2. The molecule has 6 rings (SSSR count). The van der Waals surface area contributed by atoms with Gasteiger partial charge in [-0.3, -0.25) is 4.79 Å². The van der Waals surface area contributed by atoms with Crippen molar-refractivity contribution in [1.29, 1.82) is 0 Å². The van der Waals surface area contributed by atoms with Gasteiger partial charge in [-0.15, -0.1) is 0 Å². The molecule has 5 aromatic rings. The Balaban J connectivity index is 0.956. The summed E-state index contributed by atoms with van der Waals surface area (Å²) in [4.78, 5) is 35.8. The number of rotatable bonds is 13. The Morgan fingerprint density at radius 1 is 0.872 bits per heavy atom. The molecule has 1 amide bonds. The zero-order valence-corrected chi connectivity index (χ0v) is 25.8. The van der Waals surface area contributed by atoms with Gasteiger partial charge in [-0.2, -0.15) is 0 Å². The molecule has 244 valence electrons. The van der Waals surface area contributed by atoms with Gasteiger partial charge in [0.2, 0.25) is 12.7 Å². The minimum absolute atomic E-state index is 0.182. The molecule has 16 heteroatoms. The summed E-state index contributed by atoms with van der Waals surface area (Å²) in [7, 11) is 0. The van der Waals surface area contributed by atoms with Crippen molar-refractivity contribution in [3.05, 3.63) is 113 Å². The molecule has 47 heavy (non-hydrogen) atoms. The van der Waals surface area contributed by atoms with Gasteiger partial charge in [-0.05, 0) is 29.2 Å². The minimum Gasteiger partial charge on any atom is -0.390 e. The second-order valence-electron chi connectivity index (χ2n) is 11.1. The number of nitrogens with zero attached hydrogens (tertiary/aromatic N) is 9. The van der Waals surface area contributed by atoms with E-state index in [1.807, 2.05) is 0 Å². The quantitative estimate of drug-likeness (QED) is 0.0791. The largest absolute Gasteiger partial charge is 0.435 e. The van der Waals surface area contributed by atoms with Crippen LogP contribution in [0.15, 0.2) is 80.2 Å². The number of anilines is 1. The smallest absolute Gasteiger partial charge is 0.390 e. The number of hydrogen-bond donors (Lipinski definition) is 2. The van der Waals surface area contributed by atoms with Gasteiger partial charge in [0, 0.05) is 18.8 Å². The Morgan fingerprint density at radius 3 is 2.13 bits per heavy atom. The first kappa shape index (κ1) is 31.5. The molecule has 6 heterocycles. The molecule has 5 aromatic heterocycles. The summed E-state index contributed by atoms with van der Waals surface area (Å²) < 4.78 is 20.9. The summed E-state index contributed by atoms with van der Waals surface area (Å²) >= 11 is 0. The summed E-state index contributed by atoms with van der Waals surface area (Å²) in [6, 6.07) is 10.3. The van der Waals surface area contributed by atoms with Crippen molar-refractivity contribution < 1.29 is 28.3 Å². The zero-order valence-electron chi connectivity index (χ0n) is 25.8. The molecule has 0 spiro atoms. The Labute approximate surface area is 270 Å². The molecule has 16 nitrogen and oxygen atoms in total. The van der Waals surface area contributed by atoms with Crippen molar-refractivity contribution in [2.24, 2.45) is 0 Å². The van der Waals surface area contributed by atoms with E-state index in [0.717, 1.165) is 28.5 Å². The molecule has 1 aliphatic rings. The van der Waals surface area contributed by atoms with Gasteiger partial charge in [0.1, 0.15) is 63.4 Å². The van der Waals surface area contributed by atoms with Crippen LogP contribution < -0.4 is 19.8 Å². The second kappa shape index (κ2) is 15.2. The second-order valence-corrected chi connectivity index (χ2v) is 11.1. The summed E-state index contributed by atoms with van der Waals surface area (Å²) in [5.74, 6) is -0.732. The number of fused-ring (bicyclic) bond motifs is 8. The van der Waals surface area contributed by atoms with Crippen LogP contribution in [0.5, 0.6) is 0 Å². The van der Waals surface area contributed by atoms with Crippen LogP contribution in [0.2, 0.25) is 0 Å². The van der Waals surface area contributed by atoms with Crippen molar-refractivity contribution in [3.8, 4) is 0 Å². The van der Waals surface area contributed by atoms with E-state index in [2.05, 4.69) is 102 Å². The topological polar surface area (TPSA) is 164 Å². The minimum atomic E-state index is -0.630. The van der Waals surface area contributed by atoms with Crippen LogP contribution in [0.3, 0.4) is 0 Å². The number of imidazole rings is 3. The van der Waals surface area contributed by atoms with Gasteiger partial charge < -0.3 is 30.2 Å². The maximum Gasteiger partial charge on any atom is 0.435 e. The van der Waals surface area contributed by atoms with Crippen LogP contribution in [-0.2, 0) is 47.0 Å². The van der Waals surface area contributed by atoms with Gasteiger partial charge in [0.15, 0.2) is 6.54 Å². The van der Waals surface area contributed by atoms with Crippen molar-refractivity contribution >= 4 is 17.5 Å². The molecule has 0 fully saturated rings. The van der Waals surface area contributed by atoms with Crippen molar-refractivity contribution in [2.45, 2.75) is 32.7 Å². The number of carbonyl (C=O) groups is 1. The molecule has 0 aliphatic carbocycles.